The molecular weight excluding hydrogens is 536 g/mol. The molecule has 0 heterocycles. The highest BCUT2D eigenvalue weighted by Crippen LogP contribution is 2.21. The molecule has 4 amide bonds. The van der Waals surface area contributed by atoms with Crippen LogP contribution in [-0.4, -0.2) is 40.4 Å². The van der Waals surface area contributed by atoms with Gasteiger partial charge in [-0.2, -0.15) is 16.8 Å². The van der Waals surface area contributed by atoms with Crippen LogP contribution in [0.2, 0.25) is 0 Å². The van der Waals surface area contributed by atoms with Gasteiger partial charge in [0.25, 0.3) is 0 Å². The third kappa shape index (κ3) is 14.9. The fourth-order valence-corrected chi connectivity index (χ4v) is 5.03. The van der Waals surface area contributed by atoms with Crippen molar-refractivity contribution in [1.29, 1.82) is 0 Å². The number of nitrogens with two attached hydrogens (primary N) is 2. The molecule has 0 atom stereocenters. The minimum Gasteiger partial charge on any atom is -0.382 e. The Morgan fingerprint density at radius 1 is 0.711 bits per heavy atom. The molecule has 12 nitrogen and oxygen atoms in total. The number of benzene rings is 2. The SMILES string of the molecule is CCCCCS(=O)(=O)Oc1ccc(NC(=O)Nc2cccc(OS(=O)(=O)CCCCC)c2)cc1.NC(N)=O. The lowest BCUT2D eigenvalue weighted by Crippen LogP contribution is -2.19. The molecule has 2 aromatic carbocycles. The Labute approximate surface area is 224 Å². The topological polar surface area (TPSA) is 197 Å². The summed E-state index contributed by atoms with van der Waals surface area (Å²) in [6, 6.07) is 10.6. The fourth-order valence-electron chi connectivity index (χ4n) is 2.95. The number of carbonyl (C=O) groups is 2. The third-order valence-electron chi connectivity index (χ3n) is 4.65. The van der Waals surface area contributed by atoms with Gasteiger partial charge in [-0.15, -0.1) is 0 Å². The van der Waals surface area contributed by atoms with Crippen LogP contribution in [-0.2, 0) is 20.2 Å². The van der Waals surface area contributed by atoms with Gasteiger partial charge in [0.15, 0.2) is 0 Å². The lowest BCUT2D eigenvalue weighted by Gasteiger charge is -2.11. The molecule has 0 saturated heterocycles. The van der Waals surface area contributed by atoms with Crippen molar-refractivity contribution in [1.82, 2.24) is 0 Å². The first-order valence-corrected chi connectivity index (χ1v) is 15.2. The maximum absolute atomic E-state index is 12.3. The smallest absolute Gasteiger partial charge is 0.323 e. The zero-order chi connectivity index (χ0) is 28.6. The summed E-state index contributed by atoms with van der Waals surface area (Å²) in [6.45, 7) is 3.97. The number of nitrogens with one attached hydrogen (secondary N) is 2. The number of hydrogen-bond donors (Lipinski definition) is 4. The van der Waals surface area contributed by atoms with E-state index in [-0.39, 0.29) is 23.0 Å². The van der Waals surface area contributed by atoms with Gasteiger partial charge in [-0.05, 0) is 49.2 Å². The van der Waals surface area contributed by atoms with Crippen LogP contribution in [0.3, 0.4) is 0 Å². The third-order valence-corrected chi connectivity index (χ3v) is 7.12. The number of amides is 4. The Morgan fingerprint density at radius 2 is 1.18 bits per heavy atom. The highest BCUT2D eigenvalue weighted by Gasteiger charge is 2.14. The molecule has 0 aliphatic rings. The molecule has 38 heavy (non-hydrogen) atoms. The van der Waals surface area contributed by atoms with E-state index in [0.29, 0.717) is 24.2 Å². The summed E-state index contributed by atoms with van der Waals surface area (Å²) < 4.78 is 58.2. The predicted molar refractivity (Wildman–Crippen MR) is 147 cm³/mol. The van der Waals surface area contributed by atoms with Gasteiger partial charge in [0.05, 0.1) is 11.5 Å². The maximum atomic E-state index is 12.3. The van der Waals surface area contributed by atoms with Crippen molar-refractivity contribution in [3.63, 3.8) is 0 Å². The molecule has 0 fully saturated rings. The number of urea groups is 2. The molecule has 0 aliphatic heterocycles. The molecule has 0 saturated carbocycles. The van der Waals surface area contributed by atoms with Crippen LogP contribution in [0.1, 0.15) is 52.4 Å². The first-order valence-electron chi connectivity index (χ1n) is 12.0. The maximum Gasteiger partial charge on any atom is 0.323 e. The van der Waals surface area contributed by atoms with Gasteiger partial charge in [-0.3, -0.25) is 0 Å². The first kappa shape index (κ1) is 32.5. The Morgan fingerprint density at radius 3 is 1.68 bits per heavy atom. The van der Waals surface area contributed by atoms with E-state index in [4.69, 9.17) is 13.2 Å². The second kappa shape index (κ2) is 16.3. The quantitative estimate of drug-likeness (QED) is 0.191. The number of hydrogen-bond acceptors (Lipinski definition) is 8. The van der Waals surface area contributed by atoms with E-state index in [1.54, 1.807) is 12.1 Å². The summed E-state index contributed by atoms with van der Waals surface area (Å²) in [7, 11) is -7.37. The molecule has 212 valence electrons. The van der Waals surface area contributed by atoms with Crippen LogP contribution in [0.15, 0.2) is 48.5 Å². The van der Waals surface area contributed by atoms with Crippen LogP contribution in [0, 0.1) is 0 Å². The second-order valence-corrected chi connectivity index (χ2v) is 11.5. The van der Waals surface area contributed by atoms with Crippen molar-refractivity contribution in [2.45, 2.75) is 52.4 Å². The monoisotopic (exact) mass is 572 g/mol. The van der Waals surface area contributed by atoms with Crippen LogP contribution < -0.4 is 30.5 Å². The van der Waals surface area contributed by atoms with Gasteiger partial charge in [0, 0.05) is 17.4 Å². The van der Waals surface area contributed by atoms with Crippen molar-refractivity contribution in [3.05, 3.63) is 48.5 Å². The Bertz CT molecular complexity index is 1230. The van der Waals surface area contributed by atoms with Gasteiger partial charge in [0.2, 0.25) is 0 Å². The summed E-state index contributed by atoms with van der Waals surface area (Å²) in [5, 5.41) is 5.21. The summed E-state index contributed by atoms with van der Waals surface area (Å²) in [4.78, 5) is 21.3. The number of carbonyl (C=O) groups excluding carboxylic acids is 2. The fraction of sp³-hybridized carbons (Fsp3) is 0.417. The van der Waals surface area contributed by atoms with E-state index in [0.717, 1.165) is 25.7 Å². The van der Waals surface area contributed by atoms with Crippen molar-refractivity contribution >= 4 is 43.7 Å². The van der Waals surface area contributed by atoms with Crippen molar-refractivity contribution in [3.8, 4) is 11.5 Å². The Kier molecular flexibility index (Phi) is 14.0. The van der Waals surface area contributed by atoms with Crippen LogP contribution in [0.5, 0.6) is 11.5 Å². The van der Waals surface area contributed by atoms with Crippen LogP contribution in [0.4, 0.5) is 21.0 Å². The van der Waals surface area contributed by atoms with Crippen LogP contribution >= 0.6 is 0 Å². The molecule has 0 aliphatic carbocycles. The Balaban J connectivity index is 0.00000168. The zero-order valence-electron chi connectivity index (χ0n) is 21.5. The molecule has 0 spiro atoms. The van der Waals surface area contributed by atoms with Crippen molar-refractivity contribution in [2.24, 2.45) is 11.5 Å². The average Bonchev–Trinajstić information content (AvgIpc) is 2.80. The zero-order valence-corrected chi connectivity index (χ0v) is 23.1. The second-order valence-electron chi connectivity index (χ2n) is 8.14. The van der Waals surface area contributed by atoms with E-state index in [9.17, 15) is 21.6 Å². The van der Waals surface area contributed by atoms with Crippen molar-refractivity contribution in [2.75, 3.05) is 22.1 Å². The lowest BCUT2D eigenvalue weighted by atomic mass is 10.3. The lowest BCUT2D eigenvalue weighted by molar-refractivity contribution is 0.256. The first-order chi connectivity index (χ1) is 17.9. The molecule has 6 N–H and O–H groups in total. The largest absolute Gasteiger partial charge is 0.382 e. The Hall–Kier alpha value is -3.52. The number of primary amides is 2. The number of anilines is 2. The summed E-state index contributed by atoms with van der Waals surface area (Å²) in [6.07, 6.45) is 4.48. The number of rotatable bonds is 14. The highest BCUT2D eigenvalue weighted by molar-refractivity contribution is 7.87. The van der Waals surface area contributed by atoms with E-state index in [1.807, 2.05) is 13.8 Å². The number of unbranched alkanes of at least 4 members (excludes halogenated alkanes) is 4. The highest BCUT2D eigenvalue weighted by atomic mass is 32.2. The summed E-state index contributed by atoms with van der Waals surface area (Å²) >= 11 is 0. The van der Waals surface area contributed by atoms with E-state index >= 15 is 0 Å². The van der Waals surface area contributed by atoms with Gasteiger partial charge in [-0.25, -0.2) is 9.59 Å². The predicted octanol–water partition coefficient (Wildman–Crippen LogP) is 4.15. The summed E-state index contributed by atoms with van der Waals surface area (Å²) in [5.74, 6) is 0.147. The van der Waals surface area contributed by atoms with Crippen LogP contribution in [0.25, 0.3) is 0 Å². The van der Waals surface area contributed by atoms with Gasteiger partial charge >= 0.3 is 32.3 Å². The minimum absolute atomic E-state index is 0.0495. The molecule has 2 rings (SSSR count). The van der Waals surface area contributed by atoms with Gasteiger partial charge in [-0.1, -0.05) is 45.6 Å². The van der Waals surface area contributed by atoms with Gasteiger partial charge in [0.1, 0.15) is 11.5 Å². The molecule has 0 radical (unpaired) electrons. The molecular formula is C24H36N4O8S2. The average molecular weight is 573 g/mol. The normalized spacial score (nSPS) is 11.0. The summed E-state index contributed by atoms with van der Waals surface area (Å²) in [5.41, 5.74) is 9.26. The molecule has 14 heteroatoms. The van der Waals surface area contributed by atoms with E-state index in [1.165, 1.54) is 36.4 Å². The standard InChI is InChI=1S/C23H32N2O7S2.CH4N2O/c1-3-5-7-16-33(27,28)31-21-14-12-19(13-15-21)24-23(26)25-20-10-9-11-22(18-20)32-34(29,30)17-8-6-4-2;2-1(3)4/h9-15,18H,3-8,16-17H2,1-2H3,(H2,24,25,26);(H4,2,3,4). The molecule has 0 aromatic heterocycles. The molecule has 0 bridgehead atoms. The van der Waals surface area contributed by atoms with E-state index in [2.05, 4.69) is 22.1 Å². The van der Waals surface area contributed by atoms with Gasteiger partial charge < -0.3 is 30.5 Å². The van der Waals surface area contributed by atoms with Crippen molar-refractivity contribution < 1.29 is 34.8 Å². The van der Waals surface area contributed by atoms with E-state index < -0.39 is 32.3 Å². The molecule has 2 aromatic rings. The minimum atomic E-state index is -3.71. The molecule has 0 unspecified atom stereocenters.